The van der Waals surface area contributed by atoms with Crippen molar-refractivity contribution >= 4 is 5.82 Å². The van der Waals surface area contributed by atoms with E-state index in [2.05, 4.69) is 34.8 Å². The second-order valence-electron chi connectivity index (χ2n) is 4.08. The highest BCUT2D eigenvalue weighted by atomic mass is 15.2. The maximum Gasteiger partial charge on any atom is 0.133 e. The fourth-order valence-corrected chi connectivity index (χ4v) is 1.83. The summed E-state index contributed by atoms with van der Waals surface area (Å²) in [5.74, 6) is 1.05. The Hall–Kier alpha value is -1.35. The van der Waals surface area contributed by atoms with Crippen LogP contribution in [0.15, 0.2) is 18.7 Å². The van der Waals surface area contributed by atoms with Gasteiger partial charge in [-0.2, -0.15) is 0 Å². The van der Waals surface area contributed by atoms with Crippen LogP contribution in [-0.4, -0.2) is 25.6 Å². The zero-order valence-electron chi connectivity index (χ0n) is 10.7. The summed E-state index contributed by atoms with van der Waals surface area (Å²) < 4.78 is 0. The molecule has 0 bridgehead atoms. The molecule has 1 rings (SSSR count). The summed E-state index contributed by atoms with van der Waals surface area (Å²) in [6, 6.07) is 2.12. The average Bonchev–Trinajstić information content (AvgIpc) is 2.22. The predicted molar refractivity (Wildman–Crippen MR) is 69.9 cm³/mol. The molecule has 0 spiro atoms. The summed E-state index contributed by atoms with van der Waals surface area (Å²) in [6.07, 6.45) is 1.89. The highest BCUT2D eigenvalue weighted by Crippen LogP contribution is 2.21. The van der Waals surface area contributed by atoms with Crippen LogP contribution in [0.1, 0.15) is 16.8 Å². The standard InChI is InChI=1S/C13H21N3/c1-6-7-16(5)13-12(9-14-4)10(2)8-11(3)15-13/h6,8,14H,1,7,9H2,2-5H3. The second-order valence-corrected chi connectivity index (χ2v) is 4.08. The first-order valence-corrected chi connectivity index (χ1v) is 5.54. The normalized spacial score (nSPS) is 10.2. The third-order valence-corrected chi connectivity index (χ3v) is 2.57. The summed E-state index contributed by atoms with van der Waals surface area (Å²) in [4.78, 5) is 6.73. The van der Waals surface area contributed by atoms with Crippen molar-refractivity contribution in [1.82, 2.24) is 10.3 Å². The first-order valence-electron chi connectivity index (χ1n) is 5.54. The molecule has 3 heteroatoms. The zero-order chi connectivity index (χ0) is 12.1. The lowest BCUT2D eigenvalue weighted by Crippen LogP contribution is -2.22. The molecule has 0 aliphatic carbocycles. The van der Waals surface area contributed by atoms with Gasteiger partial charge in [0.25, 0.3) is 0 Å². The summed E-state index contributed by atoms with van der Waals surface area (Å²) in [5.41, 5.74) is 3.61. The number of nitrogens with zero attached hydrogens (tertiary/aromatic N) is 2. The minimum atomic E-state index is 0.812. The fourth-order valence-electron chi connectivity index (χ4n) is 1.83. The van der Waals surface area contributed by atoms with E-state index < -0.39 is 0 Å². The molecule has 0 aliphatic heterocycles. The molecule has 1 aromatic rings. The Morgan fingerprint density at radius 3 is 2.75 bits per heavy atom. The van der Waals surface area contributed by atoms with E-state index in [0.717, 1.165) is 24.6 Å². The lowest BCUT2D eigenvalue weighted by molar-refractivity contribution is 0.796. The highest BCUT2D eigenvalue weighted by molar-refractivity contribution is 5.51. The van der Waals surface area contributed by atoms with Crippen LogP contribution in [0.25, 0.3) is 0 Å². The van der Waals surface area contributed by atoms with Gasteiger partial charge in [0.2, 0.25) is 0 Å². The number of nitrogens with one attached hydrogen (secondary N) is 1. The third kappa shape index (κ3) is 2.83. The van der Waals surface area contributed by atoms with Crippen molar-refractivity contribution in [2.45, 2.75) is 20.4 Å². The van der Waals surface area contributed by atoms with Gasteiger partial charge in [-0.25, -0.2) is 4.98 Å². The maximum atomic E-state index is 4.61. The number of anilines is 1. The van der Waals surface area contributed by atoms with Crippen molar-refractivity contribution < 1.29 is 0 Å². The van der Waals surface area contributed by atoms with E-state index in [1.165, 1.54) is 11.1 Å². The Balaban J connectivity index is 3.17. The average molecular weight is 219 g/mol. The summed E-state index contributed by atoms with van der Waals surface area (Å²) in [7, 11) is 4.00. The van der Waals surface area contributed by atoms with Crippen molar-refractivity contribution in [2.24, 2.45) is 0 Å². The quantitative estimate of drug-likeness (QED) is 0.768. The topological polar surface area (TPSA) is 28.2 Å². The van der Waals surface area contributed by atoms with Gasteiger partial charge in [0, 0.05) is 31.4 Å². The van der Waals surface area contributed by atoms with Gasteiger partial charge in [0.05, 0.1) is 0 Å². The molecule has 1 heterocycles. The van der Waals surface area contributed by atoms with E-state index in [9.17, 15) is 0 Å². The van der Waals surface area contributed by atoms with Gasteiger partial charge >= 0.3 is 0 Å². The van der Waals surface area contributed by atoms with E-state index in [0.29, 0.717) is 0 Å². The molecule has 0 fully saturated rings. The van der Waals surface area contributed by atoms with E-state index in [1.807, 2.05) is 27.1 Å². The SMILES string of the molecule is C=CCN(C)c1nc(C)cc(C)c1CNC. The molecule has 0 amide bonds. The first kappa shape index (κ1) is 12.7. The second kappa shape index (κ2) is 5.66. The van der Waals surface area contributed by atoms with Crippen molar-refractivity contribution in [2.75, 3.05) is 25.5 Å². The first-order chi connectivity index (χ1) is 7.60. The van der Waals surface area contributed by atoms with Crippen LogP contribution < -0.4 is 10.2 Å². The lowest BCUT2D eigenvalue weighted by atomic mass is 10.1. The Morgan fingerprint density at radius 2 is 2.19 bits per heavy atom. The Morgan fingerprint density at radius 1 is 1.50 bits per heavy atom. The Bertz CT molecular complexity index is 372. The number of likely N-dealkylation sites (N-methyl/N-ethyl adjacent to an activating group) is 1. The molecule has 88 valence electrons. The lowest BCUT2D eigenvalue weighted by Gasteiger charge is -2.21. The van der Waals surface area contributed by atoms with Crippen molar-refractivity contribution in [3.8, 4) is 0 Å². The van der Waals surface area contributed by atoms with Crippen LogP contribution >= 0.6 is 0 Å². The minimum absolute atomic E-state index is 0.812. The molecule has 0 aromatic carbocycles. The molecular formula is C13H21N3. The van der Waals surface area contributed by atoms with Crippen LogP contribution in [0, 0.1) is 13.8 Å². The number of hydrogen-bond donors (Lipinski definition) is 1. The van der Waals surface area contributed by atoms with Crippen LogP contribution in [0.3, 0.4) is 0 Å². The van der Waals surface area contributed by atoms with Gasteiger partial charge in [-0.1, -0.05) is 6.08 Å². The van der Waals surface area contributed by atoms with Gasteiger partial charge in [0.1, 0.15) is 5.82 Å². The molecule has 0 aliphatic rings. The van der Waals surface area contributed by atoms with E-state index in [-0.39, 0.29) is 0 Å². The molecule has 1 N–H and O–H groups in total. The van der Waals surface area contributed by atoms with Gasteiger partial charge < -0.3 is 10.2 Å². The van der Waals surface area contributed by atoms with E-state index in [1.54, 1.807) is 0 Å². The number of hydrogen-bond acceptors (Lipinski definition) is 3. The zero-order valence-corrected chi connectivity index (χ0v) is 10.7. The molecule has 0 unspecified atom stereocenters. The van der Waals surface area contributed by atoms with Crippen molar-refractivity contribution in [3.63, 3.8) is 0 Å². The molecule has 0 saturated heterocycles. The summed E-state index contributed by atoms with van der Waals surface area (Å²) in [6.45, 7) is 9.58. The molecule has 16 heavy (non-hydrogen) atoms. The number of aryl methyl sites for hydroxylation is 2. The predicted octanol–water partition coefficient (Wildman–Crippen LogP) is 2.04. The van der Waals surface area contributed by atoms with Crippen LogP contribution in [-0.2, 0) is 6.54 Å². The summed E-state index contributed by atoms with van der Waals surface area (Å²) >= 11 is 0. The summed E-state index contributed by atoms with van der Waals surface area (Å²) in [5, 5.41) is 3.19. The van der Waals surface area contributed by atoms with Gasteiger partial charge in [-0.3, -0.25) is 0 Å². The van der Waals surface area contributed by atoms with E-state index >= 15 is 0 Å². The largest absolute Gasteiger partial charge is 0.356 e. The van der Waals surface area contributed by atoms with Crippen molar-refractivity contribution in [1.29, 1.82) is 0 Å². The van der Waals surface area contributed by atoms with Gasteiger partial charge in [-0.05, 0) is 32.5 Å². The third-order valence-electron chi connectivity index (χ3n) is 2.57. The Kier molecular flexibility index (Phi) is 4.50. The minimum Gasteiger partial charge on any atom is -0.356 e. The number of pyridine rings is 1. The van der Waals surface area contributed by atoms with Crippen LogP contribution in [0.4, 0.5) is 5.82 Å². The van der Waals surface area contributed by atoms with E-state index in [4.69, 9.17) is 0 Å². The van der Waals surface area contributed by atoms with Gasteiger partial charge in [-0.15, -0.1) is 6.58 Å². The number of aromatic nitrogens is 1. The molecule has 0 saturated carbocycles. The number of rotatable bonds is 5. The smallest absolute Gasteiger partial charge is 0.133 e. The van der Waals surface area contributed by atoms with Gasteiger partial charge in [0.15, 0.2) is 0 Å². The molecule has 3 nitrogen and oxygen atoms in total. The highest BCUT2D eigenvalue weighted by Gasteiger charge is 2.11. The molecular weight excluding hydrogens is 198 g/mol. The van der Waals surface area contributed by atoms with Crippen molar-refractivity contribution in [3.05, 3.63) is 35.5 Å². The fraction of sp³-hybridized carbons (Fsp3) is 0.462. The molecule has 0 atom stereocenters. The van der Waals surface area contributed by atoms with Crippen LogP contribution in [0.5, 0.6) is 0 Å². The molecule has 1 aromatic heterocycles. The van der Waals surface area contributed by atoms with Crippen LogP contribution in [0.2, 0.25) is 0 Å². The monoisotopic (exact) mass is 219 g/mol. The molecule has 0 radical (unpaired) electrons. The maximum absolute atomic E-state index is 4.61. The Labute approximate surface area is 98.2 Å².